The third-order valence-corrected chi connectivity index (χ3v) is 5.02. The standard InChI is InChI=1S/C15H20N4OS/c1-9-14(10(2)18(4)17-9)13-6-5-7-19(13)15(20)12-8-21-11(3)16-12/h8,13H,5-7H2,1-4H3. The highest BCUT2D eigenvalue weighted by Gasteiger charge is 2.34. The van der Waals surface area contributed by atoms with Gasteiger partial charge in [-0.05, 0) is 33.6 Å². The van der Waals surface area contributed by atoms with Gasteiger partial charge in [-0.3, -0.25) is 9.48 Å². The fourth-order valence-electron chi connectivity index (χ4n) is 3.19. The predicted molar refractivity (Wildman–Crippen MR) is 82.5 cm³/mol. The van der Waals surface area contributed by atoms with Crippen molar-refractivity contribution in [1.29, 1.82) is 0 Å². The Bertz CT molecular complexity index is 688. The van der Waals surface area contributed by atoms with Crippen LogP contribution in [0.3, 0.4) is 0 Å². The SMILES string of the molecule is Cc1nc(C(=O)N2CCCC2c2c(C)nn(C)c2C)cs1. The zero-order valence-electron chi connectivity index (χ0n) is 12.9. The number of amides is 1. The molecule has 1 amide bonds. The Balaban J connectivity index is 1.94. The molecule has 2 aromatic rings. The Morgan fingerprint density at radius 3 is 2.71 bits per heavy atom. The van der Waals surface area contributed by atoms with Crippen LogP contribution in [0, 0.1) is 20.8 Å². The Kier molecular flexibility index (Phi) is 3.57. The van der Waals surface area contributed by atoms with Crippen LogP contribution in [0.25, 0.3) is 0 Å². The molecule has 1 fully saturated rings. The van der Waals surface area contributed by atoms with E-state index in [1.165, 1.54) is 16.9 Å². The van der Waals surface area contributed by atoms with Gasteiger partial charge in [0.05, 0.1) is 16.7 Å². The van der Waals surface area contributed by atoms with Crippen molar-refractivity contribution in [3.63, 3.8) is 0 Å². The lowest BCUT2D eigenvalue weighted by atomic mass is 10.0. The fraction of sp³-hybridized carbons (Fsp3) is 0.533. The highest BCUT2D eigenvalue weighted by molar-refractivity contribution is 7.09. The van der Waals surface area contributed by atoms with Crippen LogP contribution in [0.15, 0.2) is 5.38 Å². The first-order chi connectivity index (χ1) is 9.99. The number of carbonyl (C=O) groups is 1. The Morgan fingerprint density at radius 1 is 1.38 bits per heavy atom. The normalized spacial score (nSPS) is 18.5. The highest BCUT2D eigenvalue weighted by Crippen LogP contribution is 2.36. The molecule has 1 aliphatic rings. The maximum absolute atomic E-state index is 12.7. The summed E-state index contributed by atoms with van der Waals surface area (Å²) >= 11 is 1.52. The van der Waals surface area contributed by atoms with Crippen LogP contribution < -0.4 is 0 Å². The Morgan fingerprint density at radius 2 is 2.14 bits per heavy atom. The van der Waals surface area contributed by atoms with Crippen molar-refractivity contribution in [3.8, 4) is 0 Å². The molecule has 21 heavy (non-hydrogen) atoms. The predicted octanol–water partition coefficient (Wildman–Crippen LogP) is 2.78. The van der Waals surface area contributed by atoms with Crippen LogP contribution in [-0.2, 0) is 7.05 Å². The summed E-state index contributed by atoms with van der Waals surface area (Å²) in [7, 11) is 1.96. The van der Waals surface area contributed by atoms with Gasteiger partial charge in [-0.1, -0.05) is 0 Å². The van der Waals surface area contributed by atoms with E-state index >= 15 is 0 Å². The molecule has 0 bridgehead atoms. The van der Waals surface area contributed by atoms with E-state index in [1.807, 2.05) is 35.9 Å². The van der Waals surface area contributed by atoms with Gasteiger partial charge >= 0.3 is 0 Å². The third-order valence-electron chi connectivity index (χ3n) is 4.25. The number of rotatable bonds is 2. The molecular weight excluding hydrogens is 284 g/mol. The molecule has 1 aliphatic heterocycles. The number of hydrogen-bond donors (Lipinski definition) is 0. The number of likely N-dealkylation sites (tertiary alicyclic amines) is 1. The molecule has 1 unspecified atom stereocenters. The van der Waals surface area contributed by atoms with Crippen LogP contribution in [-0.4, -0.2) is 32.1 Å². The van der Waals surface area contributed by atoms with E-state index in [0.29, 0.717) is 5.69 Å². The van der Waals surface area contributed by atoms with Crippen LogP contribution in [0.4, 0.5) is 0 Å². The molecule has 0 spiro atoms. The number of aromatic nitrogens is 3. The summed E-state index contributed by atoms with van der Waals surface area (Å²) < 4.78 is 1.90. The van der Waals surface area contributed by atoms with Gasteiger partial charge in [-0.2, -0.15) is 5.10 Å². The molecule has 0 aromatic carbocycles. The molecule has 6 heteroatoms. The summed E-state index contributed by atoms with van der Waals surface area (Å²) in [5.74, 6) is 0.0458. The number of thiazole rings is 1. The van der Waals surface area contributed by atoms with Crippen molar-refractivity contribution >= 4 is 17.2 Å². The van der Waals surface area contributed by atoms with Gasteiger partial charge in [0.2, 0.25) is 0 Å². The molecule has 3 rings (SSSR count). The number of carbonyl (C=O) groups excluding carboxylic acids is 1. The molecule has 1 saturated heterocycles. The van der Waals surface area contributed by atoms with Gasteiger partial charge < -0.3 is 4.90 Å². The monoisotopic (exact) mass is 304 g/mol. The van der Waals surface area contributed by atoms with Crippen molar-refractivity contribution in [1.82, 2.24) is 19.7 Å². The maximum atomic E-state index is 12.7. The van der Waals surface area contributed by atoms with Crippen LogP contribution in [0.2, 0.25) is 0 Å². The lowest BCUT2D eigenvalue weighted by Crippen LogP contribution is -2.31. The molecule has 5 nitrogen and oxygen atoms in total. The van der Waals surface area contributed by atoms with Crippen molar-refractivity contribution in [2.24, 2.45) is 7.05 Å². The largest absolute Gasteiger partial charge is 0.330 e. The summed E-state index contributed by atoms with van der Waals surface area (Å²) in [5.41, 5.74) is 3.94. The van der Waals surface area contributed by atoms with E-state index in [9.17, 15) is 4.79 Å². The molecule has 3 heterocycles. The zero-order valence-corrected chi connectivity index (χ0v) is 13.7. The van der Waals surface area contributed by atoms with Gasteiger partial charge in [0.1, 0.15) is 5.69 Å². The van der Waals surface area contributed by atoms with Crippen molar-refractivity contribution in [2.75, 3.05) is 6.54 Å². The molecule has 0 N–H and O–H groups in total. The minimum Gasteiger partial charge on any atom is -0.330 e. The van der Waals surface area contributed by atoms with Gasteiger partial charge in [0.15, 0.2) is 0 Å². The Labute approximate surface area is 128 Å². The first-order valence-corrected chi connectivity index (χ1v) is 8.10. The van der Waals surface area contributed by atoms with Crippen LogP contribution in [0.1, 0.15) is 51.3 Å². The third kappa shape index (κ3) is 2.37. The second-order valence-electron chi connectivity index (χ2n) is 5.62. The fourth-order valence-corrected chi connectivity index (χ4v) is 3.78. The summed E-state index contributed by atoms with van der Waals surface area (Å²) in [6, 6.07) is 0.133. The molecule has 1 atom stereocenters. The lowest BCUT2D eigenvalue weighted by molar-refractivity contribution is 0.0729. The summed E-state index contributed by atoms with van der Waals surface area (Å²) in [5, 5.41) is 7.28. The summed E-state index contributed by atoms with van der Waals surface area (Å²) in [6.07, 6.45) is 2.04. The molecule has 112 valence electrons. The van der Waals surface area contributed by atoms with E-state index in [4.69, 9.17) is 0 Å². The number of nitrogens with zero attached hydrogens (tertiary/aromatic N) is 4. The quantitative estimate of drug-likeness (QED) is 0.857. The lowest BCUT2D eigenvalue weighted by Gasteiger charge is -2.24. The molecule has 0 aliphatic carbocycles. The topological polar surface area (TPSA) is 51.0 Å². The first kappa shape index (κ1) is 14.3. The number of hydrogen-bond acceptors (Lipinski definition) is 4. The number of aryl methyl sites for hydroxylation is 3. The minimum atomic E-state index is 0.0458. The molecular formula is C15H20N4OS. The highest BCUT2D eigenvalue weighted by atomic mass is 32.1. The van der Waals surface area contributed by atoms with Crippen LogP contribution in [0.5, 0.6) is 0 Å². The van der Waals surface area contributed by atoms with E-state index in [1.54, 1.807) is 0 Å². The second kappa shape index (κ2) is 5.26. The second-order valence-corrected chi connectivity index (χ2v) is 6.68. The first-order valence-electron chi connectivity index (χ1n) is 7.22. The van der Waals surface area contributed by atoms with Gasteiger partial charge in [-0.25, -0.2) is 4.98 Å². The average Bonchev–Trinajstić information content (AvgIpc) is 3.11. The average molecular weight is 304 g/mol. The van der Waals surface area contributed by atoms with Gasteiger partial charge in [0.25, 0.3) is 5.91 Å². The molecule has 0 radical (unpaired) electrons. The Hall–Kier alpha value is -1.69. The molecule has 2 aromatic heterocycles. The minimum absolute atomic E-state index is 0.0458. The van der Waals surface area contributed by atoms with Gasteiger partial charge in [0, 0.05) is 30.2 Å². The van der Waals surface area contributed by atoms with E-state index < -0.39 is 0 Å². The maximum Gasteiger partial charge on any atom is 0.273 e. The smallest absolute Gasteiger partial charge is 0.273 e. The van der Waals surface area contributed by atoms with Crippen molar-refractivity contribution in [2.45, 2.75) is 39.7 Å². The van der Waals surface area contributed by atoms with Crippen molar-refractivity contribution in [3.05, 3.63) is 33.0 Å². The van der Waals surface area contributed by atoms with Gasteiger partial charge in [-0.15, -0.1) is 11.3 Å². The summed E-state index contributed by atoms with van der Waals surface area (Å²) in [6.45, 7) is 6.83. The van der Waals surface area contributed by atoms with Crippen molar-refractivity contribution < 1.29 is 4.79 Å². The summed E-state index contributed by atoms with van der Waals surface area (Å²) in [4.78, 5) is 19.0. The molecule has 0 saturated carbocycles. The van der Waals surface area contributed by atoms with E-state index in [0.717, 1.165) is 35.8 Å². The van der Waals surface area contributed by atoms with Crippen LogP contribution >= 0.6 is 11.3 Å². The van der Waals surface area contributed by atoms with E-state index in [2.05, 4.69) is 17.0 Å². The van der Waals surface area contributed by atoms with E-state index in [-0.39, 0.29) is 11.9 Å². The zero-order chi connectivity index (χ0) is 15.1.